The summed E-state index contributed by atoms with van der Waals surface area (Å²) in [5.74, 6) is -0.290. The van der Waals surface area contributed by atoms with Crippen LogP contribution in [0.2, 0.25) is 0 Å². The van der Waals surface area contributed by atoms with Crippen LogP contribution in [-0.2, 0) is 14.4 Å². The van der Waals surface area contributed by atoms with Crippen molar-refractivity contribution in [3.63, 3.8) is 0 Å². The fraction of sp³-hybridized carbons (Fsp3) is 0.700. The number of hydrogen-bond donors (Lipinski definition) is 2. The highest BCUT2D eigenvalue weighted by molar-refractivity contribution is 5.81. The summed E-state index contributed by atoms with van der Waals surface area (Å²) in [6, 6.07) is -0.0969. The zero-order valence-corrected chi connectivity index (χ0v) is 9.02. The van der Waals surface area contributed by atoms with Crippen LogP contribution < -0.4 is 5.32 Å². The Kier molecular flexibility index (Phi) is 4.91. The molecule has 0 spiro atoms. The van der Waals surface area contributed by atoms with Crippen LogP contribution >= 0.6 is 0 Å². The lowest BCUT2D eigenvalue weighted by molar-refractivity contribution is -0.131. The standard InChI is InChI=1S/C10H16N2O4/c13-5-3-9(15)11-7-8-1-2-10(16)12(8)4-6-14/h6,8,13H,1-5,7H2,(H,11,15). The Labute approximate surface area is 93.6 Å². The molecule has 2 amide bonds. The average Bonchev–Trinajstić information content (AvgIpc) is 2.59. The van der Waals surface area contributed by atoms with Crippen molar-refractivity contribution in [3.05, 3.63) is 0 Å². The van der Waals surface area contributed by atoms with Gasteiger partial charge in [0, 0.05) is 25.4 Å². The van der Waals surface area contributed by atoms with E-state index in [-0.39, 0.29) is 37.4 Å². The second-order valence-electron chi connectivity index (χ2n) is 3.68. The number of nitrogens with one attached hydrogen (secondary N) is 1. The molecule has 1 heterocycles. The minimum absolute atomic E-state index is 0.0477. The van der Waals surface area contributed by atoms with Gasteiger partial charge in [-0.25, -0.2) is 0 Å². The first-order valence-corrected chi connectivity index (χ1v) is 5.29. The average molecular weight is 228 g/mol. The van der Waals surface area contributed by atoms with Gasteiger partial charge >= 0.3 is 0 Å². The minimum atomic E-state index is -0.243. The zero-order valence-electron chi connectivity index (χ0n) is 9.02. The molecule has 0 radical (unpaired) electrons. The molecular weight excluding hydrogens is 212 g/mol. The van der Waals surface area contributed by atoms with Crippen LogP contribution in [0.1, 0.15) is 19.3 Å². The van der Waals surface area contributed by atoms with E-state index in [0.29, 0.717) is 25.7 Å². The van der Waals surface area contributed by atoms with Gasteiger partial charge in [-0.3, -0.25) is 9.59 Å². The van der Waals surface area contributed by atoms with Crippen LogP contribution in [0.3, 0.4) is 0 Å². The topological polar surface area (TPSA) is 86.7 Å². The van der Waals surface area contributed by atoms with Gasteiger partial charge < -0.3 is 20.1 Å². The molecule has 0 aromatic rings. The Balaban J connectivity index is 2.38. The Morgan fingerprint density at radius 2 is 2.38 bits per heavy atom. The van der Waals surface area contributed by atoms with Crippen molar-refractivity contribution in [2.75, 3.05) is 19.7 Å². The normalized spacial score (nSPS) is 19.9. The molecule has 1 unspecified atom stereocenters. The fourth-order valence-corrected chi connectivity index (χ4v) is 1.76. The van der Waals surface area contributed by atoms with Gasteiger partial charge in [-0.2, -0.15) is 0 Å². The Morgan fingerprint density at radius 3 is 3.00 bits per heavy atom. The summed E-state index contributed by atoms with van der Waals surface area (Å²) in [6.45, 7) is 0.241. The predicted octanol–water partition coefficient (Wildman–Crippen LogP) is -1.33. The van der Waals surface area contributed by atoms with Gasteiger partial charge in [-0.05, 0) is 6.42 Å². The smallest absolute Gasteiger partial charge is 0.223 e. The van der Waals surface area contributed by atoms with E-state index in [4.69, 9.17) is 5.11 Å². The molecule has 1 rings (SSSR count). The number of rotatable bonds is 6. The number of aldehydes is 1. The van der Waals surface area contributed by atoms with Crippen molar-refractivity contribution >= 4 is 18.1 Å². The molecule has 1 saturated heterocycles. The number of nitrogens with zero attached hydrogens (tertiary/aromatic N) is 1. The van der Waals surface area contributed by atoms with E-state index < -0.39 is 0 Å². The Bertz CT molecular complexity index is 280. The maximum absolute atomic E-state index is 11.4. The highest BCUT2D eigenvalue weighted by atomic mass is 16.3. The van der Waals surface area contributed by atoms with Gasteiger partial charge in [0.1, 0.15) is 6.29 Å². The number of aliphatic hydroxyl groups excluding tert-OH is 1. The molecule has 0 aromatic carbocycles. The van der Waals surface area contributed by atoms with Crippen LogP contribution in [0, 0.1) is 0 Å². The summed E-state index contributed by atoms with van der Waals surface area (Å²) in [6.07, 6.45) is 1.83. The van der Waals surface area contributed by atoms with Crippen LogP contribution in [0.5, 0.6) is 0 Å². The number of likely N-dealkylation sites (tertiary alicyclic amines) is 1. The molecule has 6 nitrogen and oxygen atoms in total. The predicted molar refractivity (Wildman–Crippen MR) is 55.5 cm³/mol. The quantitative estimate of drug-likeness (QED) is 0.552. The monoisotopic (exact) mass is 228 g/mol. The Morgan fingerprint density at radius 1 is 1.62 bits per heavy atom. The van der Waals surface area contributed by atoms with Crippen molar-refractivity contribution in [3.8, 4) is 0 Å². The number of carbonyl (C=O) groups is 3. The number of aliphatic hydroxyl groups is 1. The summed E-state index contributed by atoms with van der Waals surface area (Å²) in [5, 5.41) is 11.2. The van der Waals surface area contributed by atoms with Gasteiger partial charge in [0.2, 0.25) is 11.8 Å². The third-order valence-corrected chi connectivity index (χ3v) is 2.60. The molecule has 2 N–H and O–H groups in total. The summed E-state index contributed by atoms with van der Waals surface area (Å²) in [7, 11) is 0. The van der Waals surface area contributed by atoms with Crippen molar-refractivity contribution in [2.45, 2.75) is 25.3 Å². The van der Waals surface area contributed by atoms with Gasteiger partial charge in [0.15, 0.2) is 0 Å². The first kappa shape index (κ1) is 12.6. The van der Waals surface area contributed by atoms with Gasteiger partial charge in [0.05, 0.1) is 13.2 Å². The SMILES string of the molecule is O=CCN1C(=O)CCC1CNC(=O)CCO. The molecule has 0 aliphatic carbocycles. The van der Waals surface area contributed by atoms with E-state index in [1.54, 1.807) is 0 Å². The highest BCUT2D eigenvalue weighted by Crippen LogP contribution is 2.16. The second-order valence-corrected chi connectivity index (χ2v) is 3.68. The van der Waals surface area contributed by atoms with E-state index >= 15 is 0 Å². The zero-order chi connectivity index (χ0) is 12.0. The third kappa shape index (κ3) is 3.30. The van der Waals surface area contributed by atoms with E-state index in [2.05, 4.69) is 5.32 Å². The molecule has 16 heavy (non-hydrogen) atoms. The molecule has 1 fully saturated rings. The molecular formula is C10H16N2O4. The van der Waals surface area contributed by atoms with E-state index in [1.165, 1.54) is 4.90 Å². The lowest BCUT2D eigenvalue weighted by Crippen LogP contribution is -2.42. The van der Waals surface area contributed by atoms with Crippen molar-refractivity contribution < 1.29 is 19.5 Å². The summed E-state index contributed by atoms with van der Waals surface area (Å²) in [5.41, 5.74) is 0. The second kappa shape index (κ2) is 6.22. The van der Waals surface area contributed by atoms with E-state index in [1.807, 2.05) is 0 Å². The largest absolute Gasteiger partial charge is 0.396 e. The molecule has 0 bridgehead atoms. The first-order chi connectivity index (χ1) is 7.69. The van der Waals surface area contributed by atoms with Crippen molar-refractivity contribution in [2.24, 2.45) is 0 Å². The molecule has 0 saturated carbocycles. The molecule has 6 heteroatoms. The number of amides is 2. The molecule has 90 valence electrons. The van der Waals surface area contributed by atoms with Crippen LogP contribution in [0.4, 0.5) is 0 Å². The summed E-state index contributed by atoms with van der Waals surface area (Å²) in [4.78, 5) is 34.3. The van der Waals surface area contributed by atoms with E-state index in [9.17, 15) is 14.4 Å². The van der Waals surface area contributed by atoms with Crippen molar-refractivity contribution in [1.29, 1.82) is 0 Å². The minimum Gasteiger partial charge on any atom is -0.396 e. The lowest BCUT2D eigenvalue weighted by Gasteiger charge is -2.22. The third-order valence-electron chi connectivity index (χ3n) is 2.60. The van der Waals surface area contributed by atoms with Gasteiger partial charge in [0.25, 0.3) is 0 Å². The number of carbonyl (C=O) groups excluding carboxylic acids is 3. The molecule has 1 aliphatic rings. The molecule has 0 aromatic heterocycles. The summed E-state index contributed by atoms with van der Waals surface area (Å²) >= 11 is 0. The maximum Gasteiger partial charge on any atom is 0.223 e. The van der Waals surface area contributed by atoms with Crippen LogP contribution in [-0.4, -0.2) is 53.8 Å². The highest BCUT2D eigenvalue weighted by Gasteiger charge is 2.30. The number of hydrogen-bond acceptors (Lipinski definition) is 4. The first-order valence-electron chi connectivity index (χ1n) is 5.29. The Hall–Kier alpha value is -1.43. The lowest BCUT2D eigenvalue weighted by atomic mass is 10.2. The fourth-order valence-electron chi connectivity index (χ4n) is 1.76. The van der Waals surface area contributed by atoms with Crippen LogP contribution in [0.15, 0.2) is 0 Å². The molecule has 1 atom stereocenters. The van der Waals surface area contributed by atoms with Gasteiger partial charge in [-0.15, -0.1) is 0 Å². The van der Waals surface area contributed by atoms with Crippen molar-refractivity contribution in [1.82, 2.24) is 10.2 Å². The molecule has 1 aliphatic heterocycles. The van der Waals surface area contributed by atoms with E-state index in [0.717, 1.165) is 0 Å². The van der Waals surface area contributed by atoms with Crippen LogP contribution in [0.25, 0.3) is 0 Å². The maximum atomic E-state index is 11.4. The van der Waals surface area contributed by atoms with Gasteiger partial charge in [-0.1, -0.05) is 0 Å². The summed E-state index contributed by atoms with van der Waals surface area (Å²) < 4.78 is 0.